The van der Waals surface area contributed by atoms with Gasteiger partial charge in [-0.25, -0.2) is 9.37 Å². The van der Waals surface area contributed by atoms with E-state index < -0.39 is 0 Å². The number of hydrogen-bond donors (Lipinski definition) is 0. The standard InChI is InChI=1S/C14H10ClFN2O/c15-10-4-5-14-17-7-12(18(14)8-10)9-19-13-3-1-2-11(16)6-13/h1-8H,9H2. The highest BCUT2D eigenvalue weighted by Gasteiger charge is 2.05. The van der Waals surface area contributed by atoms with Crippen LogP contribution in [-0.4, -0.2) is 9.38 Å². The molecule has 0 N–H and O–H groups in total. The molecule has 19 heavy (non-hydrogen) atoms. The Kier molecular flexibility index (Phi) is 3.09. The molecule has 3 aromatic rings. The number of aromatic nitrogens is 2. The van der Waals surface area contributed by atoms with Crippen molar-refractivity contribution in [3.63, 3.8) is 0 Å². The molecule has 2 heterocycles. The Labute approximate surface area is 114 Å². The molecule has 0 spiro atoms. The van der Waals surface area contributed by atoms with Gasteiger partial charge in [-0.05, 0) is 24.3 Å². The van der Waals surface area contributed by atoms with E-state index in [4.69, 9.17) is 16.3 Å². The fourth-order valence-electron chi connectivity index (χ4n) is 1.83. The van der Waals surface area contributed by atoms with Crippen LogP contribution in [0.25, 0.3) is 5.65 Å². The van der Waals surface area contributed by atoms with Gasteiger partial charge in [-0.3, -0.25) is 4.40 Å². The van der Waals surface area contributed by atoms with Gasteiger partial charge >= 0.3 is 0 Å². The highest BCUT2D eigenvalue weighted by molar-refractivity contribution is 6.30. The summed E-state index contributed by atoms with van der Waals surface area (Å²) in [6.07, 6.45) is 3.49. The zero-order valence-electron chi connectivity index (χ0n) is 9.88. The molecular weight excluding hydrogens is 267 g/mol. The van der Waals surface area contributed by atoms with E-state index in [-0.39, 0.29) is 5.82 Å². The molecule has 96 valence electrons. The molecule has 0 aliphatic carbocycles. The van der Waals surface area contributed by atoms with Crippen molar-refractivity contribution in [3.05, 3.63) is 65.3 Å². The van der Waals surface area contributed by atoms with Gasteiger partial charge in [-0.2, -0.15) is 0 Å². The second kappa shape index (κ2) is 4.90. The molecule has 5 heteroatoms. The lowest BCUT2D eigenvalue weighted by molar-refractivity contribution is 0.298. The van der Waals surface area contributed by atoms with Gasteiger partial charge in [0.2, 0.25) is 0 Å². The Morgan fingerprint density at radius 3 is 3.00 bits per heavy atom. The predicted molar refractivity (Wildman–Crippen MR) is 70.9 cm³/mol. The first-order valence-electron chi connectivity index (χ1n) is 5.72. The fraction of sp³-hybridized carbons (Fsp3) is 0.0714. The van der Waals surface area contributed by atoms with Crippen molar-refractivity contribution in [2.24, 2.45) is 0 Å². The summed E-state index contributed by atoms with van der Waals surface area (Å²) < 4.78 is 20.4. The molecule has 3 nitrogen and oxygen atoms in total. The van der Waals surface area contributed by atoms with E-state index in [1.54, 1.807) is 30.6 Å². The van der Waals surface area contributed by atoms with Crippen molar-refractivity contribution in [3.8, 4) is 5.75 Å². The van der Waals surface area contributed by atoms with Crippen LogP contribution in [0, 0.1) is 5.82 Å². The normalized spacial score (nSPS) is 10.8. The summed E-state index contributed by atoms with van der Waals surface area (Å²) >= 11 is 5.95. The summed E-state index contributed by atoms with van der Waals surface area (Å²) in [5.74, 6) is 0.163. The number of rotatable bonds is 3. The van der Waals surface area contributed by atoms with Gasteiger partial charge < -0.3 is 4.74 Å². The molecule has 0 saturated carbocycles. The summed E-state index contributed by atoms with van der Waals surface area (Å²) in [7, 11) is 0. The van der Waals surface area contributed by atoms with Crippen molar-refractivity contribution in [2.75, 3.05) is 0 Å². The second-order valence-electron chi connectivity index (χ2n) is 4.07. The Balaban J connectivity index is 1.84. The molecule has 0 amide bonds. The Bertz CT molecular complexity index is 726. The number of halogens is 2. The molecule has 0 bridgehead atoms. The summed E-state index contributed by atoms with van der Waals surface area (Å²) in [5.41, 5.74) is 1.64. The summed E-state index contributed by atoms with van der Waals surface area (Å²) in [6.45, 7) is 0.297. The zero-order chi connectivity index (χ0) is 13.2. The fourth-order valence-corrected chi connectivity index (χ4v) is 1.99. The summed E-state index contributed by atoms with van der Waals surface area (Å²) in [4.78, 5) is 4.24. The number of fused-ring (bicyclic) bond motifs is 1. The SMILES string of the molecule is Fc1cccc(OCc2cnc3ccc(Cl)cn23)c1. The van der Waals surface area contributed by atoms with E-state index >= 15 is 0 Å². The van der Waals surface area contributed by atoms with Crippen LogP contribution in [0.5, 0.6) is 5.75 Å². The maximum Gasteiger partial charge on any atom is 0.137 e. The lowest BCUT2D eigenvalue weighted by Gasteiger charge is -2.06. The molecule has 1 aromatic carbocycles. The quantitative estimate of drug-likeness (QED) is 0.729. The van der Waals surface area contributed by atoms with Crippen LogP contribution in [0.15, 0.2) is 48.8 Å². The van der Waals surface area contributed by atoms with E-state index in [2.05, 4.69) is 4.98 Å². The lowest BCUT2D eigenvalue weighted by atomic mass is 10.3. The molecule has 0 radical (unpaired) electrons. The monoisotopic (exact) mass is 276 g/mol. The number of pyridine rings is 1. The molecule has 0 atom stereocenters. The van der Waals surface area contributed by atoms with Crippen LogP contribution in [0.1, 0.15) is 5.69 Å². The van der Waals surface area contributed by atoms with Gasteiger partial charge in [0.15, 0.2) is 0 Å². The van der Waals surface area contributed by atoms with Crippen LogP contribution in [-0.2, 0) is 6.61 Å². The lowest BCUT2D eigenvalue weighted by Crippen LogP contribution is -1.99. The number of ether oxygens (including phenoxy) is 1. The van der Waals surface area contributed by atoms with E-state index in [0.29, 0.717) is 17.4 Å². The minimum Gasteiger partial charge on any atom is -0.487 e. The van der Waals surface area contributed by atoms with E-state index in [1.807, 2.05) is 10.5 Å². The van der Waals surface area contributed by atoms with Crippen LogP contribution in [0.2, 0.25) is 5.02 Å². The van der Waals surface area contributed by atoms with Crippen molar-refractivity contribution in [2.45, 2.75) is 6.61 Å². The maximum absolute atomic E-state index is 13.0. The average molecular weight is 277 g/mol. The van der Waals surface area contributed by atoms with Crippen molar-refractivity contribution in [1.82, 2.24) is 9.38 Å². The molecule has 3 rings (SSSR count). The van der Waals surface area contributed by atoms with Gasteiger partial charge in [0, 0.05) is 12.3 Å². The third-order valence-corrected chi connectivity index (χ3v) is 2.95. The van der Waals surface area contributed by atoms with Crippen LogP contribution >= 0.6 is 11.6 Å². The third-order valence-electron chi connectivity index (χ3n) is 2.73. The molecule has 0 unspecified atom stereocenters. The average Bonchev–Trinajstić information content (AvgIpc) is 2.79. The number of hydrogen-bond acceptors (Lipinski definition) is 2. The maximum atomic E-state index is 13.0. The Morgan fingerprint density at radius 2 is 2.16 bits per heavy atom. The molecule has 0 saturated heterocycles. The highest BCUT2D eigenvalue weighted by Crippen LogP contribution is 2.16. The highest BCUT2D eigenvalue weighted by atomic mass is 35.5. The summed E-state index contributed by atoms with van der Waals surface area (Å²) in [6, 6.07) is 9.64. The first-order chi connectivity index (χ1) is 9.22. The number of benzene rings is 1. The summed E-state index contributed by atoms with van der Waals surface area (Å²) in [5, 5.41) is 0.623. The molecular formula is C14H10ClFN2O. The molecule has 2 aromatic heterocycles. The minimum absolute atomic E-state index is 0.297. The van der Waals surface area contributed by atoms with Crippen LogP contribution in [0.4, 0.5) is 4.39 Å². The van der Waals surface area contributed by atoms with E-state index in [9.17, 15) is 4.39 Å². The minimum atomic E-state index is -0.321. The van der Waals surface area contributed by atoms with Crippen LogP contribution < -0.4 is 4.74 Å². The zero-order valence-corrected chi connectivity index (χ0v) is 10.6. The van der Waals surface area contributed by atoms with Gasteiger partial charge in [0.1, 0.15) is 23.8 Å². The smallest absolute Gasteiger partial charge is 0.137 e. The van der Waals surface area contributed by atoms with E-state index in [1.165, 1.54) is 12.1 Å². The molecule has 0 aliphatic rings. The third kappa shape index (κ3) is 2.53. The van der Waals surface area contributed by atoms with Gasteiger partial charge in [-0.15, -0.1) is 0 Å². The van der Waals surface area contributed by atoms with Gasteiger partial charge in [-0.1, -0.05) is 17.7 Å². The number of nitrogens with zero attached hydrogens (tertiary/aromatic N) is 2. The largest absolute Gasteiger partial charge is 0.487 e. The first-order valence-corrected chi connectivity index (χ1v) is 6.10. The Hall–Kier alpha value is -2.07. The van der Waals surface area contributed by atoms with Crippen molar-refractivity contribution < 1.29 is 9.13 Å². The molecule has 0 fully saturated rings. The van der Waals surface area contributed by atoms with E-state index in [0.717, 1.165) is 11.3 Å². The van der Waals surface area contributed by atoms with Gasteiger partial charge in [0.05, 0.1) is 16.9 Å². The first kappa shape index (κ1) is 12.0. The molecule has 0 aliphatic heterocycles. The predicted octanol–water partition coefficient (Wildman–Crippen LogP) is 3.71. The topological polar surface area (TPSA) is 26.5 Å². The second-order valence-corrected chi connectivity index (χ2v) is 4.51. The number of imidazole rings is 1. The van der Waals surface area contributed by atoms with Crippen LogP contribution in [0.3, 0.4) is 0 Å². The van der Waals surface area contributed by atoms with Gasteiger partial charge in [0.25, 0.3) is 0 Å². The van der Waals surface area contributed by atoms with Crippen molar-refractivity contribution in [1.29, 1.82) is 0 Å². The Morgan fingerprint density at radius 1 is 1.26 bits per heavy atom. The van der Waals surface area contributed by atoms with Crippen molar-refractivity contribution >= 4 is 17.2 Å².